The van der Waals surface area contributed by atoms with Gasteiger partial charge in [0.05, 0.1) is 6.10 Å². The number of nitrogens with zero attached hydrogens (tertiary/aromatic N) is 3. The van der Waals surface area contributed by atoms with Gasteiger partial charge in [-0.25, -0.2) is 0 Å². The van der Waals surface area contributed by atoms with Gasteiger partial charge in [0.2, 0.25) is 10.3 Å². The molecule has 1 aliphatic heterocycles. The number of carboxylic acid groups (broad SMARTS) is 1. The van der Waals surface area contributed by atoms with E-state index in [9.17, 15) is 15.0 Å². The van der Waals surface area contributed by atoms with Crippen molar-refractivity contribution in [2.75, 3.05) is 23.7 Å². The quantitative estimate of drug-likeness (QED) is 0.718. The Balaban J connectivity index is 1.73. The van der Waals surface area contributed by atoms with Crippen molar-refractivity contribution in [2.45, 2.75) is 31.8 Å². The SMILES string of the molecule is Nc1nnc(N2CC[C@H](O)[C@](CCCc3ccccc3)(C(=O)O)C2)s1. The molecule has 8 heteroatoms. The standard InChI is InChI=1S/C17H22N4O3S/c18-15-19-20-16(25-15)21-10-8-13(22)17(11-21,14(23)24)9-4-7-12-5-2-1-3-6-12/h1-3,5-6,13,22H,4,7-11H2,(H2,18,19)(H,23,24)/t13-,17+/m0/s1. The van der Waals surface area contributed by atoms with E-state index in [4.69, 9.17) is 5.73 Å². The van der Waals surface area contributed by atoms with Crippen molar-refractivity contribution in [3.63, 3.8) is 0 Å². The van der Waals surface area contributed by atoms with E-state index in [2.05, 4.69) is 10.2 Å². The van der Waals surface area contributed by atoms with Gasteiger partial charge in [0.1, 0.15) is 5.41 Å². The summed E-state index contributed by atoms with van der Waals surface area (Å²) in [5, 5.41) is 29.1. The number of carbonyl (C=O) groups is 1. The predicted molar refractivity (Wildman–Crippen MR) is 96.6 cm³/mol. The molecule has 0 spiro atoms. The normalized spacial score (nSPS) is 23.6. The maximum atomic E-state index is 12.1. The molecule has 3 rings (SSSR count). The highest BCUT2D eigenvalue weighted by atomic mass is 32.1. The minimum atomic E-state index is -1.20. The monoisotopic (exact) mass is 362 g/mol. The minimum absolute atomic E-state index is 0.215. The molecule has 134 valence electrons. The first-order valence-electron chi connectivity index (χ1n) is 8.30. The molecule has 0 bridgehead atoms. The highest BCUT2D eigenvalue weighted by molar-refractivity contribution is 7.18. The number of benzene rings is 1. The van der Waals surface area contributed by atoms with Crippen LogP contribution in [0.5, 0.6) is 0 Å². The molecule has 7 nitrogen and oxygen atoms in total. The molecule has 1 fully saturated rings. The number of anilines is 2. The van der Waals surface area contributed by atoms with E-state index in [1.54, 1.807) is 0 Å². The average Bonchev–Trinajstić information content (AvgIpc) is 3.04. The second kappa shape index (κ2) is 7.37. The lowest BCUT2D eigenvalue weighted by molar-refractivity contribution is -0.158. The Morgan fingerprint density at radius 2 is 2.12 bits per heavy atom. The number of hydrogen-bond donors (Lipinski definition) is 3. The van der Waals surface area contributed by atoms with Crippen LogP contribution in [0, 0.1) is 5.41 Å². The van der Waals surface area contributed by atoms with Gasteiger partial charge in [-0.2, -0.15) is 0 Å². The maximum absolute atomic E-state index is 12.1. The molecule has 0 amide bonds. The van der Waals surface area contributed by atoms with Crippen LogP contribution in [0.1, 0.15) is 24.8 Å². The number of hydrogen-bond acceptors (Lipinski definition) is 7. The smallest absolute Gasteiger partial charge is 0.314 e. The van der Waals surface area contributed by atoms with Gasteiger partial charge in [-0.05, 0) is 31.2 Å². The number of aliphatic hydroxyl groups excluding tert-OH is 1. The third-order valence-corrected chi connectivity index (χ3v) is 5.65. The Labute approximate surface area is 150 Å². The molecule has 4 N–H and O–H groups in total. The minimum Gasteiger partial charge on any atom is -0.481 e. The molecule has 1 aromatic carbocycles. The second-order valence-electron chi connectivity index (χ2n) is 6.45. The molecule has 0 aliphatic carbocycles. The lowest BCUT2D eigenvalue weighted by Gasteiger charge is -2.43. The Kier molecular flexibility index (Phi) is 5.19. The summed E-state index contributed by atoms with van der Waals surface area (Å²) in [4.78, 5) is 13.9. The van der Waals surface area contributed by atoms with E-state index in [1.165, 1.54) is 16.9 Å². The fourth-order valence-electron chi connectivity index (χ4n) is 3.41. The molecule has 2 atom stereocenters. The summed E-state index contributed by atoms with van der Waals surface area (Å²) in [6, 6.07) is 9.96. The van der Waals surface area contributed by atoms with E-state index in [0.717, 1.165) is 6.42 Å². The van der Waals surface area contributed by atoms with Crippen LogP contribution in [0.3, 0.4) is 0 Å². The van der Waals surface area contributed by atoms with Gasteiger partial charge in [-0.3, -0.25) is 4.79 Å². The van der Waals surface area contributed by atoms with E-state index in [0.29, 0.717) is 36.1 Å². The maximum Gasteiger partial charge on any atom is 0.314 e. The Morgan fingerprint density at radius 3 is 2.76 bits per heavy atom. The van der Waals surface area contributed by atoms with Crippen molar-refractivity contribution in [3.05, 3.63) is 35.9 Å². The molecule has 0 saturated carbocycles. The Morgan fingerprint density at radius 1 is 1.36 bits per heavy atom. The van der Waals surface area contributed by atoms with Crippen molar-refractivity contribution in [1.82, 2.24) is 10.2 Å². The summed E-state index contributed by atoms with van der Waals surface area (Å²) >= 11 is 1.24. The van der Waals surface area contributed by atoms with Crippen molar-refractivity contribution < 1.29 is 15.0 Å². The number of aliphatic hydroxyl groups is 1. The van der Waals surface area contributed by atoms with Crippen molar-refractivity contribution in [1.29, 1.82) is 0 Å². The zero-order chi connectivity index (χ0) is 17.9. The number of aryl methyl sites for hydroxylation is 1. The molecule has 25 heavy (non-hydrogen) atoms. The lowest BCUT2D eigenvalue weighted by Crippen LogP contribution is -2.56. The molecular formula is C17H22N4O3S. The van der Waals surface area contributed by atoms with Crippen LogP contribution in [-0.2, 0) is 11.2 Å². The number of carboxylic acids is 1. The highest BCUT2D eigenvalue weighted by Crippen LogP contribution is 2.38. The summed E-state index contributed by atoms with van der Waals surface area (Å²) in [6.07, 6.45) is 1.40. The summed E-state index contributed by atoms with van der Waals surface area (Å²) < 4.78 is 0. The van der Waals surface area contributed by atoms with Crippen LogP contribution in [0.15, 0.2) is 30.3 Å². The average molecular weight is 362 g/mol. The number of rotatable bonds is 6. The first-order chi connectivity index (χ1) is 12.0. The number of aliphatic carboxylic acids is 1. The molecule has 0 radical (unpaired) electrons. The van der Waals surface area contributed by atoms with Crippen molar-refractivity contribution in [2.24, 2.45) is 5.41 Å². The van der Waals surface area contributed by atoms with E-state index in [1.807, 2.05) is 35.2 Å². The highest BCUT2D eigenvalue weighted by Gasteiger charge is 2.49. The third-order valence-electron chi connectivity index (χ3n) is 4.84. The van der Waals surface area contributed by atoms with Crippen LogP contribution in [0.25, 0.3) is 0 Å². The van der Waals surface area contributed by atoms with Gasteiger partial charge in [0.15, 0.2) is 0 Å². The van der Waals surface area contributed by atoms with Gasteiger partial charge in [0.25, 0.3) is 0 Å². The van der Waals surface area contributed by atoms with Gasteiger partial charge < -0.3 is 20.8 Å². The topological polar surface area (TPSA) is 113 Å². The number of nitrogens with two attached hydrogens (primary N) is 1. The van der Waals surface area contributed by atoms with Gasteiger partial charge in [0, 0.05) is 13.1 Å². The number of aromatic nitrogens is 2. The van der Waals surface area contributed by atoms with Crippen LogP contribution < -0.4 is 10.6 Å². The summed E-state index contributed by atoms with van der Waals surface area (Å²) in [5.74, 6) is -0.963. The summed E-state index contributed by atoms with van der Waals surface area (Å²) in [7, 11) is 0. The van der Waals surface area contributed by atoms with Crippen LogP contribution in [0.4, 0.5) is 10.3 Å². The van der Waals surface area contributed by atoms with Crippen LogP contribution in [0.2, 0.25) is 0 Å². The fraction of sp³-hybridized carbons (Fsp3) is 0.471. The van der Waals surface area contributed by atoms with Crippen LogP contribution >= 0.6 is 11.3 Å². The molecule has 1 saturated heterocycles. The first-order valence-corrected chi connectivity index (χ1v) is 9.12. The zero-order valence-electron chi connectivity index (χ0n) is 13.8. The fourth-order valence-corrected chi connectivity index (χ4v) is 4.05. The predicted octanol–water partition coefficient (Wildman–Crippen LogP) is 1.79. The molecule has 1 aromatic heterocycles. The first kappa shape index (κ1) is 17.6. The van der Waals surface area contributed by atoms with Crippen molar-refractivity contribution in [3.8, 4) is 0 Å². The molecule has 2 aromatic rings. The number of nitrogen functional groups attached to an aromatic ring is 1. The third kappa shape index (κ3) is 3.74. The Bertz CT molecular complexity index is 724. The van der Waals surface area contributed by atoms with Crippen LogP contribution in [-0.4, -0.2) is 45.6 Å². The van der Waals surface area contributed by atoms with Gasteiger partial charge >= 0.3 is 5.97 Å². The lowest BCUT2D eigenvalue weighted by atomic mass is 9.73. The van der Waals surface area contributed by atoms with Gasteiger partial charge in [-0.15, -0.1) is 10.2 Å². The van der Waals surface area contributed by atoms with E-state index in [-0.39, 0.29) is 6.54 Å². The summed E-state index contributed by atoms with van der Waals surface area (Å²) in [6.45, 7) is 0.760. The second-order valence-corrected chi connectivity index (χ2v) is 7.44. The van der Waals surface area contributed by atoms with Crippen molar-refractivity contribution >= 4 is 27.6 Å². The van der Waals surface area contributed by atoms with E-state index >= 15 is 0 Å². The Hall–Kier alpha value is -2.19. The largest absolute Gasteiger partial charge is 0.481 e. The van der Waals surface area contributed by atoms with E-state index < -0.39 is 17.5 Å². The summed E-state index contributed by atoms with van der Waals surface area (Å²) in [5.41, 5.74) is 5.60. The molecular weight excluding hydrogens is 340 g/mol. The zero-order valence-corrected chi connectivity index (χ0v) is 14.7. The number of piperidine rings is 1. The molecule has 0 unspecified atom stereocenters. The van der Waals surface area contributed by atoms with Gasteiger partial charge in [-0.1, -0.05) is 41.7 Å². The molecule has 1 aliphatic rings. The molecule has 2 heterocycles.